The van der Waals surface area contributed by atoms with Gasteiger partial charge in [0.15, 0.2) is 0 Å². The summed E-state index contributed by atoms with van der Waals surface area (Å²) in [4.78, 5) is 17.4. The topological polar surface area (TPSA) is 68.5 Å². The Balaban J connectivity index is 1.22. The summed E-state index contributed by atoms with van der Waals surface area (Å²) in [6.07, 6.45) is 6.81. The quantitative estimate of drug-likeness (QED) is 0.477. The number of hydrogen-bond acceptors (Lipinski definition) is 7. The first-order chi connectivity index (χ1) is 18.7. The maximum atomic E-state index is 9.38. The third kappa shape index (κ3) is 3.89. The Bertz CT molecular complexity index is 1390. The molecule has 0 radical (unpaired) electrons. The van der Waals surface area contributed by atoms with Crippen molar-refractivity contribution in [1.29, 1.82) is 5.26 Å². The fourth-order valence-corrected chi connectivity index (χ4v) is 7.27. The summed E-state index contributed by atoms with van der Waals surface area (Å²) < 4.78 is 6.45. The van der Waals surface area contributed by atoms with Crippen LogP contribution in [0.15, 0.2) is 36.4 Å². The minimum atomic E-state index is 0.0812. The molecule has 0 bridgehead atoms. The van der Waals surface area contributed by atoms with Gasteiger partial charge in [-0.05, 0) is 68.6 Å². The highest BCUT2D eigenvalue weighted by molar-refractivity contribution is 5.97. The molecule has 4 aliphatic rings. The van der Waals surface area contributed by atoms with Crippen molar-refractivity contribution in [3.05, 3.63) is 53.2 Å². The zero-order chi connectivity index (χ0) is 25.7. The second-order valence-corrected chi connectivity index (χ2v) is 11.5. The first-order valence-corrected chi connectivity index (χ1v) is 14.4. The molecule has 3 saturated heterocycles. The van der Waals surface area contributed by atoms with Crippen LogP contribution in [-0.4, -0.2) is 59.7 Å². The van der Waals surface area contributed by atoms with Crippen molar-refractivity contribution < 1.29 is 4.74 Å². The average Bonchev–Trinajstić information content (AvgIpc) is 3.51. The molecule has 0 unspecified atom stereocenters. The first-order valence-electron chi connectivity index (χ1n) is 14.4. The summed E-state index contributed by atoms with van der Waals surface area (Å²) in [5, 5.41) is 12.0. The van der Waals surface area contributed by atoms with Crippen molar-refractivity contribution in [2.45, 2.75) is 57.5 Å². The van der Waals surface area contributed by atoms with Gasteiger partial charge in [0, 0.05) is 36.3 Å². The van der Waals surface area contributed by atoms with Crippen LogP contribution in [0.25, 0.3) is 10.8 Å². The molecule has 5 heterocycles. The van der Waals surface area contributed by atoms with Crippen LogP contribution < -0.4 is 14.5 Å². The maximum absolute atomic E-state index is 9.38. The van der Waals surface area contributed by atoms with Gasteiger partial charge in [0.05, 0.1) is 29.8 Å². The predicted molar refractivity (Wildman–Crippen MR) is 150 cm³/mol. The number of anilines is 2. The Labute approximate surface area is 225 Å². The van der Waals surface area contributed by atoms with Crippen molar-refractivity contribution in [3.8, 4) is 12.1 Å². The Morgan fingerprint density at radius 2 is 1.82 bits per heavy atom. The number of hydrogen-bond donors (Lipinski definition) is 0. The standard InChI is InChI=1S/C31H36N6O/c1-2-23-7-3-8-24-9-4-10-27(28(23)24)35-16-11-25-26(20-35)33-30(34-29(25)36-18-22(17-32)19-36)38-21-31-12-5-14-37(31)15-6-13-31/h3-4,7-10,22H,2,5-6,11-16,18-21H2,1H3. The molecule has 3 aromatic rings. The molecule has 7 rings (SSSR count). The van der Waals surface area contributed by atoms with E-state index in [0.717, 1.165) is 50.5 Å². The lowest BCUT2D eigenvalue weighted by atomic mass is 9.95. The van der Waals surface area contributed by atoms with Crippen molar-refractivity contribution in [2.75, 3.05) is 49.1 Å². The molecule has 0 aliphatic carbocycles. The van der Waals surface area contributed by atoms with Crippen LogP contribution in [0.1, 0.15) is 49.4 Å². The summed E-state index contributed by atoms with van der Waals surface area (Å²) in [7, 11) is 0. The minimum Gasteiger partial charge on any atom is -0.461 e. The maximum Gasteiger partial charge on any atom is 0.318 e. The van der Waals surface area contributed by atoms with Gasteiger partial charge in [0.1, 0.15) is 12.4 Å². The second-order valence-electron chi connectivity index (χ2n) is 11.5. The van der Waals surface area contributed by atoms with Gasteiger partial charge < -0.3 is 14.5 Å². The number of nitrogens with zero attached hydrogens (tertiary/aromatic N) is 6. The number of nitriles is 1. The Morgan fingerprint density at radius 3 is 2.58 bits per heavy atom. The highest BCUT2D eigenvalue weighted by atomic mass is 16.5. The Kier molecular flexibility index (Phi) is 5.89. The fourth-order valence-electron chi connectivity index (χ4n) is 7.27. The van der Waals surface area contributed by atoms with Gasteiger partial charge in [-0.25, -0.2) is 0 Å². The molecular formula is C31H36N6O. The number of rotatable bonds is 6. The van der Waals surface area contributed by atoms with Gasteiger partial charge in [-0.1, -0.05) is 37.3 Å². The van der Waals surface area contributed by atoms with E-state index < -0.39 is 0 Å². The van der Waals surface area contributed by atoms with Crippen LogP contribution >= 0.6 is 0 Å². The van der Waals surface area contributed by atoms with Crippen LogP contribution in [0.2, 0.25) is 0 Å². The lowest BCUT2D eigenvalue weighted by molar-refractivity contribution is 0.107. The molecule has 3 fully saturated rings. The summed E-state index contributed by atoms with van der Waals surface area (Å²) in [6.45, 7) is 8.41. The average molecular weight is 509 g/mol. The molecule has 1 aromatic heterocycles. The van der Waals surface area contributed by atoms with Crippen LogP contribution in [0.4, 0.5) is 11.5 Å². The van der Waals surface area contributed by atoms with Gasteiger partial charge in [0.25, 0.3) is 0 Å². The van der Waals surface area contributed by atoms with E-state index in [-0.39, 0.29) is 11.5 Å². The summed E-state index contributed by atoms with van der Waals surface area (Å²) >= 11 is 0. The van der Waals surface area contributed by atoms with Crippen LogP contribution in [-0.2, 0) is 19.4 Å². The smallest absolute Gasteiger partial charge is 0.318 e. The van der Waals surface area contributed by atoms with E-state index in [2.05, 4.69) is 64.1 Å². The van der Waals surface area contributed by atoms with Crippen LogP contribution in [0.3, 0.4) is 0 Å². The largest absolute Gasteiger partial charge is 0.461 e. The normalized spacial score (nSPS) is 20.7. The SMILES string of the molecule is CCc1cccc2cccc(N3CCc4c(nc(OCC56CCCN5CCC6)nc4N4CC(C#N)C4)C3)c12. The second kappa shape index (κ2) is 9.43. The molecule has 0 amide bonds. The fraction of sp³-hybridized carbons (Fsp3) is 0.516. The minimum absolute atomic E-state index is 0.0812. The molecule has 7 nitrogen and oxygen atoms in total. The van der Waals surface area contributed by atoms with E-state index in [1.165, 1.54) is 66.4 Å². The summed E-state index contributed by atoms with van der Waals surface area (Å²) in [5.41, 5.74) is 5.12. The summed E-state index contributed by atoms with van der Waals surface area (Å²) in [6, 6.07) is 16.2. The summed E-state index contributed by atoms with van der Waals surface area (Å²) in [5.74, 6) is 1.06. The molecule has 0 N–H and O–H groups in total. The molecule has 0 atom stereocenters. The van der Waals surface area contributed by atoms with Crippen LogP contribution in [0.5, 0.6) is 6.01 Å². The third-order valence-electron chi connectivity index (χ3n) is 9.36. The number of aromatic nitrogens is 2. The first kappa shape index (κ1) is 23.7. The Morgan fingerprint density at radius 1 is 1.03 bits per heavy atom. The van der Waals surface area contributed by atoms with Crippen molar-refractivity contribution in [1.82, 2.24) is 14.9 Å². The molecule has 2 aromatic carbocycles. The van der Waals surface area contributed by atoms with E-state index in [0.29, 0.717) is 12.6 Å². The molecule has 38 heavy (non-hydrogen) atoms. The highest BCUT2D eigenvalue weighted by Gasteiger charge is 2.45. The number of aryl methyl sites for hydroxylation is 1. The number of fused-ring (bicyclic) bond motifs is 3. The van der Waals surface area contributed by atoms with E-state index in [1.54, 1.807) is 0 Å². The predicted octanol–water partition coefficient (Wildman–Crippen LogP) is 4.72. The highest BCUT2D eigenvalue weighted by Crippen LogP contribution is 2.40. The zero-order valence-electron chi connectivity index (χ0n) is 22.3. The van der Waals surface area contributed by atoms with Crippen molar-refractivity contribution in [3.63, 3.8) is 0 Å². The zero-order valence-corrected chi connectivity index (χ0v) is 22.3. The molecule has 4 aliphatic heterocycles. The Hall–Kier alpha value is -3.37. The molecule has 0 saturated carbocycles. The lowest BCUT2D eigenvalue weighted by Crippen LogP contribution is -2.48. The number of benzene rings is 2. The van der Waals surface area contributed by atoms with Gasteiger partial charge in [0.2, 0.25) is 0 Å². The van der Waals surface area contributed by atoms with E-state index in [9.17, 15) is 5.26 Å². The molecule has 7 heteroatoms. The van der Waals surface area contributed by atoms with E-state index >= 15 is 0 Å². The molecule has 196 valence electrons. The monoisotopic (exact) mass is 508 g/mol. The van der Waals surface area contributed by atoms with Gasteiger partial charge in [-0.2, -0.15) is 15.2 Å². The molecule has 0 spiro atoms. The molecular weight excluding hydrogens is 472 g/mol. The van der Waals surface area contributed by atoms with Crippen LogP contribution in [0, 0.1) is 17.2 Å². The van der Waals surface area contributed by atoms with Crippen molar-refractivity contribution in [2.24, 2.45) is 5.92 Å². The van der Waals surface area contributed by atoms with E-state index in [1.807, 2.05) is 0 Å². The lowest BCUT2D eigenvalue weighted by Gasteiger charge is -2.40. The van der Waals surface area contributed by atoms with Crippen molar-refractivity contribution >= 4 is 22.3 Å². The third-order valence-corrected chi connectivity index (χ3v) is 9.36. The van der Waals surface area contributed by atoms with E-state index in [4.69, 9.17) is 14.7 Å². The van der Waals surface area contributed by atoms with Gasteiger partial charge in [-0.3, -0.25) is 4.90 Å². The van der Waals surface area contributed by atoms with Gasteiger partial charge >= 0.3 is 6.01 Å². The van der Waals surface area contributed by atoms with Gasteiger partial charge in [-0.15, -0.1) is 0 Å². The number of ether oxygens (including phenoxy) is 1.